The smallest absolute Gasteiger partial charge is 0.226 e. The number of hydrogen-bond donors (Lipinski definition) is 2. The zero-order chi connectivity index (χ0) is 18.8. The molecule has 1 amide bonds. The van der Waals surface area contributed by atoms with Gasteiger partial charge in [0.25, 0.3) is 0 Å². The van der Waals surface area contributed by atoms with E-state index in [9.17, 15) is 9.90 Å². The highest BCUT2D eigenvalue weighted by Crippen LogP contribution is 2.27. The van der Waals surface area contributed by atoms with Crippen molar-refractivity contribution in [2.75, 3.05) is 13.2 Å². The summed E-state index contributed by atoms with van der Waals surface area (Å²) in [4.78, 5) is 16.6. The number of amides is 1. The minimum absolute atomic E-state index is 0.0764. The van der Waals surface area contributed by atoms with Crippen LogP contribution in [0.15, 0.2) is 28.8 Å². The fourth-order valence-corrected chi connectivity index (χ4v) is 3.46. The van der Waals surface area contributed by atoms with Crippen LogP contribution >= 0.6 is 0 Å². The SMILES string of the molecule is Cc1ccc(-c2noc(CCCC(=O)N[C@@H]3CO[C@H]4[C@@H]3OC[C@H]4O)n2)cc1. The number of nitrogens with zero attached hydrogens (tertiary/aromatic N) is 2. The summed E-state index contributed by atoms with van der Waals surface area (Å²) in [7, 11) is 0. The number of hydrogen-bond acceptors (Lipinski definition) is 7. The summed E-state index contributed by atoms with van der Waals surface area (Å²) in [5.74, 6) is 0.998. The first-order valence-electron chi connectivity index (χ1n) is 9.20. The quantitative estimate of drug-likeness (QED) is 0.778. The molecule has 0 radical (unpaired) electrons. The third-order valence-corrected chi connectivity index (χ3v) is 4.95. The number of rotatable bonds is 6. The molecular weight excluding hydrogens is 350 g/mol. The molecule has 0 bridgehead atoms. The molecule has 2 aromatic rings. The van der Waals surface area contributed by atoms with Crippen molar-refractivity contribution in [3.8, 4) is 11.4 Å². The first-order chi connectivity index (χ1) is 13.1. The number of aliphatic hydroxyl groups excluding tert-OH is 1. The maximum atomic E-state index is 12.2. The van der Waals surface area contributed by atoms with E-state index in [1.807, 2.05) is 31.2 Å². The number of carbonyl (C=O) groups excluding carboxylic acids is 1. The lowest BCUT2D eigenvalue weighted by molar-refractivity contribution is -0.122. The van der Waals surface area contributed by atoms with Gasteiger partial charge in [-0.3, -0.25) is 4.79 Å². The van der Waals surface area contributed by atoms with Crippen LogP contribution in [0.25, 0.3) is 11.4 Å². The molecule has 0 unspecified atom stereocenters. The van der Waals surface area contributed by atoms with Gasteiger partial charge in [-0.05, 0) is 13.3 Å². The van der Waals surface area contributed by atoms with Crippen LogP contribution in [0.3, 0.4) is 0 Å². The minimum Gasteiger partial charge on any atom is -0.388 e. The Morgan fingerprint density at radius 2 is 2.00 bits per heavy atom. The first kappa shape index (κ1) is 18.1. The van der Waals surface area contributed by atoms with Gasteiger partial charge in [0.2, 0.25) is 17.6 Å². The number of aromatic nitrogens is 2. The van der Waals surface area contributed by atoms with E-state index in [2.05, 4.69) is 15.5 Å². The molecule has 4 rings (SSSR count). The molecule has 2 saturated heterocycles. The average molecular weight is 373 g/mol. The van der Waals surface area contributed by atoms with Crippen LogP contribution in [0.1, 0.15) is 24.3 Å². The molecule has 1 aromatic heterocycles. The molecule has 8 nitrogen and oxygen atoms in total. The molecule has 8 heteroatoms. The highest BCUT2D eigenvalue weighted by atomic mass is 16.6. The monoisotopic (exact) mass is 373 g/mol. The summed E-state index contributed by atoms with van der Waals surface area (Å²) in [5.41, 5.74) is 2.08. The van der Waals surface area contributed by atoms with Crippen molar-refractivity contribution in [2.45, 2.75) is 50.5 Å². The van der Waals surface area contributed by atoms with Crippen molar-refractivity contribution in [2.24, 2.45) is 0 Å². The molecule has 3 heterocycles. The largest absolute Gasteiger partial charge is 0.388 e. The Bertz CT molecular complexity index is 791. The Morgan fingerprint density at radius 3 is 2.81 bits per heavy atom. The van der Waals surface area contributed by atoms with Crippen LogP contribution in [0.2, 0.25) is 0 Å². The van der Waals surface area contributed by atoms with Gasteiger partial charge < -0.3 is 24.4 Å². The minimum atomic E-state index is -0.614. The third kappa shape index (κ3) is 4.02. The van der Waals surface area contributed by atoms with Crippen LogP contribution in [0.4, 0.5) is 0 Å². The van der Waals surface area contributed by atoms with E-state index in [1.165, 1.54) is 5.56 Å². The predicted molar refractivity (Wildman–Crippen MR) is 94.8 cm³/mol. The van der Waals surface area contributed by atoms with Crippen LogP contribution in [-0.2, 0) is 20.7 Å². The second-order valence-electron chi connectivity index (χ2n) is 7.07. The highest BCUT2D eigenvalue weighted by Gasteiger charge is 2.47. The van der Waals surface area contributed by atoms with Crippen molar-refractivity contribution < 1.29 is 23.9 Å². The van der Waals surface area contributed by atoms with Crippen LogP contribution in [0.5, 0.6) is 0 Å². The molecule has 2 fully saturated rings. The molecular formula is C19H23N3O5. The summed E-state index contributed by atoms with van der Waals surface area (Å²) in [6.45, 7) is 2.64. The van der Waals surface area contributed by atoms with Gasteiger partial charge in [0, 0.05) is 18.4 Å². The van der Waals surface area contributed by atoms with E-state index in [4.69, 9.17) is 14.0 Å². The number of nitrogens with one attached hydrogen (secondary N) is 1. The normalized spacial score (nSPS) is 26.9. The molecule has 0 spiro atoms. The molecule has 0 aliphatic carbocycles. The lowest BCUT2D eigenvalue weighted by Crippen LogP contribution is -2.44. The lowest BCUT2D eigenvalue weighted by atomic mass is 10.1. The van der Waals surface area contributed by atoms with Crippen molar-refractivity contribution in [3.05, 3.63) is 35.7 Å². The molecule has 27 heavy (non-hydrogen) atoms. The molecule has 2 aliphatic heterocycles. The molecule has 1 aromatic carbocycles. The number of ether oxygens (including phenoxy) is 2. The number of carbonyl (C=O) groups is 1. The van der Waals surface area contributed by atoms with Gasteiger partial charge >= 0.3 is 0 Å². The van der Waals surface area contributed by atoms with E-state index in [0.717, 1.165) is 5.56 Å². The zero-order valence-electron chi connectivity index (χ0n) is 15.1. The fourth-order valence-electron chi connectivity index (χ4n) is 3.46. The van der Waals surface area contributed by atoms with E-state index in [0.29, 0.717) is 37.6 Å². The maximum Gasteiger partial charge on any atom is 0.226 e. The van der Waals surface area contributed by atoms with E-state index >= 15 is 0 Å². The van der Waals surface area contributed by atoms with Gasteiger partial charge in [0.05, 0.1) is 19.3 Å². The number of aliphatic hydroxyl groups is 1. The fraction of sp³-hybridized carbons (Fsp3) is 0.526. The third-order valence-electron chi connectivity index (χ3n) is 4.95. The van der Waals surface area contributed by atoms with Crippen LogP contribution in [0, 0.1) is 6.92 Å². The molecule has 2 aliphatic rings. The topological polar surface area (TPSA) is 107 Å². The van der Waals surface area contributed by atoms with Crippen LogP contribution in [-0.4, -0.2) is 58.7 Å². The van der Waals surface area contributed by atoms with Crippen molar-refractivity contribution >= 4 is 5.91 Å². The van der Waals surface area contributed by atoms with E-state index in [-0.39, 0.29) is 30.8 Å². The van der Waals surface area contributed by atoms with Gasteiger partial charge in [-0.15, -0.1) is 0 Å². The Morgan fingerprint density at radius 1 is 1.22 bits per heavy atom. The average Bonchev–Trinajstić information content (AvgIpc) is 3.36. The maximum absolute atomic E-state index is 12.2. The zero-order valence-corrected chi connectivity index (χ0v) is 15.1. The van der Waals surface area contributed by atoms with Gasteiger partial charge in [0.15, 0.2) is 0 Å². The summed E-state index contributed by atoms with van der Waals surface area (Å²) < 4.78 is 16.3. The Labute approximate surface area is 156 Å². The van der Waals surface area contributed by atoms with Crippen molar-refractivity contribution in [1.82, 2.24) is 15.5 Å². The molecule has 144 valence electrons. The summed E-state index contributed by atoms with van der Waals surface area (Å²) >= 11 is 0. The Kier molecular flexibility index (Phi) is 5.20. The highest BCUT2D eigenvalue weighted by molar-refractivity contribution is 5.76. The summed E-state index contributed by atoms with van der Waals surface area (Å²) in [6.07, 6.45) is 0.267. The number of benzene rings is 1. The second-order valence-corrected chi connectivity index (χ2v) is 7.07. The number of fused-ring (bicyclic) bond motifs is 1. The molecule has 0 saturated carbocycles. The number of aryl methyl sites for hydroxylation is 2. The first-order valence-corrected chi connectivity index (χ1v) is 9.20. The second kappa shape index (κ2) is 7.75. The van der Waals surface area contributed by atoms with E-state index in [1.54, 1.807) is 0 Å². The Hall–Kier alpha value is -2.29. The molecule has 2 N–H and O–H groups in total. The lowest BCUT2D eigenvalue weighted by Gasteiger charge is -2.17. The van der Waals surface area contributed by atoms with E-state index < -0.39 is 6.10 Å². The standard InChI is InChI=1S/C19H23N3O5/c1-11-5-7-12(8-6-11)19-21-16(27-22-19)4-2-3-15(24)20-13-9-25-18-14(23)10-26-17(13)18/h5-8,13-14,17-18,23H,2-4,9-10H2,1H3,(H,20,24)/t13-,14-,17-,18-/m1/s1. The van der Waals surface area contributed by atoms with Crippen molar-refractivity contribution in [3.63, 3.8) is 0 Å². The summed E-state index contributed by atoms with van der Waals surface area (Å²) in [5, 5.41) is 16.7. The Balaban J connectivity index is 1.23. The van der Waals surface area contributed by atoms with Gasteiger partial charge in [0.1, 0.15) is 18.3 Å². The molecule has 4 atom stereocenters. The van der Waals surface area contributed by atoms with Gasteiger partial charge in [-0.1, -0.05) is 35.0 Å². The predicted octanol–water partition coefficient (Wildman–Crippen LogP) is 1.01. The van der Waals surface area contributed by atoms with Crippen LogP contribution < -0.4 is 5.32 Å². The summed E-state index contributed by atoms with van der Waals surface area (Å²) in [6, 6.07) is 7.70. The van der Waals surface area contributed by atoms with Gasteiger partial charge in [-0.2, -0.15) is 4.98 Å². The van der Waals surface area contributed by atoms with Gasteiger partial charge in [-0.25, -0.2) is 0 Å². The van der Waals surface area contributed by atoms with Crippen molar-refractivity contribution in [1.29, 1.82) is 0 Å².